The van der Waals surface area contributed by atoms with E-state index in [9.17, 15) is 4.79 Å². The number of pyridine rings is 1. The number of piperidine rings is 1. The second-order valence-corrected chi connectivity index (χ2v) is 4.03. The first-order chi connectivity index (χ1) is 7.75. The van der Waals surface area contributed by atoms with Crippen LogP contribution < -0.4 is 4.74 Å². The lowest BCUT2D eigenvalue weighted by Gasteiger charge is -2.32. The van der Waals surface area contributed by atoms with Gasteiger partial charge in [-0.1, -0.05) is 0 Å². The first-order valence-corrected chi connectivity index (χ1v) is 5.58. The highest BCUT2D eigenvalue weighted by atomic mass is 16.5. The van der Waals surface area contributed by atoms with Crippen molar-refractivity contribution in [3.05, 3.63) is 24.5 Å². The fourth-order valence-electron chi connectivity index (χ4n) is 1.93. The van der Waals surface area contributed by atoms with Crippen molar-refractivity contribution in [2.24, 2.45) is 0 Å². The van der Waals surface area contributed by atoms with Crippen LogP contribution >= 0.6 is 0 Å². The zero-order valence-electron chi connectivity index (χ0n) is 9.43. The van der Waals surface area contributed by atoms with Gasteiger partial charge in [-0.2, -0.15) is 0 Å². The van der Waals surface area contributed by atoms with E-state index in [0.29, 0.717) is 6.54 Å². The summed E-state index contributed by atoms with van der Waals surface area (Å²) in [5.41, 5.74) is 0. The molecule has 1 amide bonds. The minimum absolute atomic E-state index is 0.111. The van der Waals surface area contributed by atoms with Crippen LogP contribution in [0.15, 0.2) is 24.5 Å². The predicted octanol–water partition coefficient (Wildman–Crippen LogP) is 1.47. The summed E-state index contributed by atoms with van der Waals surface area (Å²) >= 11 is 0. The van der Waals surface area contributed by atoms with Crippen molar-refractivity contribution in [1.82, 2.24) is 9.88 Å². The van der Waals surface area contributed by atoms with Crippen LogP contribution in [0.4, 0.5) is 0 Å². The van der Waals surface area contributed by atoms with Gasteiger partial charge in [0.05, 0.1) is 6.54 Å². The molecule has 1 aromatic rings. The molecule has 4 nitrogen and oxygen atoms in total. The average molecular weight is 220 g/mol. The molecule has 1 unspecified atom stereocenters. The van der Waals surface area contributed by atoms with E-state index in [2.05, 4.69) is 4.98 Å². The van der Waals surface area contributed by atoms with Gasteiger partial charge in [-0.3, -0.25) is 9.78 Å². The summed E-state index contributed by atoms with van der Waals surface area (Å²) < 4.78 is 5.80. The fraction of sp³-hybridized carbons (Fsp3) is 0.500. The number of hydrogen-bond acceptors (Lipinski definition) is 3. The molecule has 0 radical (unpaired) electrons. The third-order valence-corrected chi connectivity index (χ3v) is 2.78. The van der Waals surface area contributed by atoms with Crippen LogP contribution in [0.2, 0.25) is 0 Å². The van der Waals surface area contributed by atoms with Crippen molar-refractivity contribution < 1.29 is 9.53 Å². The Morgan fingerprint density at radius 3 is 2.94 bits per heavy atom. The number of amides is 1. The highest BCUT2D eigenvalue weighted by molar-refractivity contribution is 5.73. The molecule has 0 aliphatic carbocycles. The Labute approximate surface area is 95.2 Å². The molecule has 0 spiro atoms. The van der Waals surface area contributed by atoms with Gasteiger partial charge in [0.1, 0.15) is 11.9 Å². The molecule has 4 heteroatoms. The zero-order valence-corrected chi connectivity index (χ0v) is 9.43. The van der Waals surface area contributed by atoms with Crippen molar-refractivity contribution in [2.75, 3.05) is 13.1 Å². The molecule has 1 aliphatic heterocycles. The van der Waals surface area contributed by atoms with Crippen LogP contribution in [0.1, 0.15) is 19.8 Å². The average Bonchev–Trinajstić information content (AvgIpc) is 2.30. The molecule has 1 atom stereocenters. The van der Waals surface area contributed by atoms with Gasteiger partial charge in [0.2, 0.25) is 5.91 Å². The Morgan fingerprint density at radius 2 is 2.25 bits per heavy atom. The number of carbonyl (C=O) groups is 1. The van der Waals surface area contributed by atoms with Crippen LogP contribution in [-0.2, 0) is 4.79 Å². The molecule has 86 valence electrons. The van der Waals surface area contributed by atoms with Crippen molar-refractivity contribution >= 4 is 5.91 Å². The molecular formula is C12H16N2O2. The van der Waals surface area contributed by atoms with Gasteiger partial charge in [-0.25, -0.2) is 0 Å². The first-order valence-electron chi connectivity index (χ1n) is 5.58. The van der Waals surface area contributed by atoms with Gasteiger partial charge < -0.3 is 9.64 Å². The van der Waals surface area contributed by atoms with E-state index in [1.807, 2.05) is 17.0 Å². The van der Waals surface area contributed by atoms with Crippen molar-refractivity contribution in [1.29, 1.82) is 0 Å². The fourth-order valence-corrected chi connectivity index (χ4v) is 1.93. The SMILES string of the molecule is CC(=O)N1CCCC(Oc2ccncc2)C1. The third kappa shape index (κ3) is 2.72. The van der Waals surface area contributed by atoms with Crippen LogP contribution in [0, 0.1) is 0 Å². The maximum atomic E-state index is 11.3. The third-order valence-electron chi connectivity index (χ3n) is 2.78. The lowest BCUT2D eigenvalue weighted by molar-refractivity contribution is -0.131. The van der Waals surface area contributed by atoms with Gasteiger partial charge in [0.15, 0.2) is 0 Å². The Hall–Kier alpha value is -1.58. The van der Waals surface area contributed by atoms with Gasteiger partial charge in [-0.15, -0.1) is 0 Å². The molecule has 0 bridgehead atoms. The normalized spacial score (nSPS) is 20.6. The summed E-state index contributed by atoms with van der Waals surface area (Å²) in [5.74, 6) is 0.952. The Morgan fingerprint density at radius 1 is 1.50 bits per heavy atom. The van der Waals surface area contributed by atoms with Crippen LogP contribution in [-0.4, -0.2) is 35.0 Å². The lowest BCUT2D eigenvalue weighted by Crippen LogP contribution is -2.43. The van der Waals surface area contributed by atoms with E-state index in [-0.39, 0.29) is 12.0 Å². The standard InChI is InChI=1S/C12H16N2O2/c1-10(15)14-8-2-3-12(9-14)16-11-4-6-13-7-5-11/h4-7,12H,2-3,8-9H2,1H3. The monoisotopic (exact) mass is 220 g/mol. The van der Waals surface area contributed by atoms with E-state index in [0.717, 1.165) is 25.1 Å². The maximum absolute atomic E-state index is 11.3. The Kier molecular flexibility index (Phi) is 3.39. The smallest absolute Gasteiger partial charge is 0.219 e. The first kappa shape index (κ1) is 10.9. The molecular weight excluding hydrogens is 204 g/mol. The van der Waals surface area contributed by atoms with Crippen molar-refractivity contribution in [3.63, 3.8) is 0 Å². The van der Waals surface area contributed by atoms with Gasteiger partial charge in [-0.05, 0) is 25.0 Å². The molecule has 1 fully saturated rings. The second-order valence-electron chi connectivity index (χ2n) is 4.03. The molecule has 16 heavy (non-hydrogen) atoms. The molecule has 0 N–H and O–H groups in total. The highest BCUT2D eigenvalue weighted by Gasteiger charge is 2.22. The summed E-state index contributed by atoms with van der Waals surface area (Å²) in [7, 11) is 0. The predicted molar refractivity (Wildman–Crippen MR) is 60.1 cm³/mol. The number of hydrogen-bond donors (Lipinski definition) is 0. The molecule has 2 rings (SSSR count). The van der Waals surface area contributed by atoms with E-state index in [1.54, 1.807) is 19.3 Å². The summed E-state index contributed by atoms with van der Waals surface area (Å²) in [6.45, 7) is 3.15. The molecule has 0 saturated carbocycles. The number of carbonyl (C=O) groups excluding carboxylic acids is 1. The summed E-state index contributed by atoms with van der Waals surface area (Å²) in [6.07, 6.45) is 5.54. The van der Waals surface area contributed by atoms with Gasteiger partial charge >= 0.3 is 0 Å². The second kappa shape index (κ2) is 4.96. The van der Waals surface area contributed by atoms with E-state index >= 15 is 0 Å². The number of nitrogens with zero attached hydrogens (tertiary/aromatic N) is 2. The quantitative estimate of drug-likeness (QED) is 0.758. The Bertz CT molecular complexity index is 353. The van der Waals surface area contributed by atoms with E-state index in [1.165, 1.54) is 0 Å². The molecule has 2 heterocycles. The van der Waals surface area contributed by atoms with E-state index < -0.39 is 0 Å². The summed E-state index contributed by atoms with van der Waals surface area (Å²) in [6, 6.07) is 3.68. The van der Waals surface area contributed by atoms with Gasteiger partial charge in [0.25, 0.3) is 0 Å². The summed E-state index contributed by atoms with van der Waals surface area (Å²) in [4.78, 5) is 17.0. The molecule has 1 aromatic heterocycles. The van der Waals surface area contributed by atoms with Gasteiger partial charge in [0, 0.05) is 25.9 Å². The molecule has 0 aromatic carbocycles. The van der Waals surface area contributed by atoms with E-state index in [4.69, 9.17) is 4.74 Å². The van der Waals surface area contributed by atoms with Crippen molar-refractivity contribution in [2.45, 2.75) is 25.9 Å². The summed E-state index contributed by atoms with van der Waals surface area (Å²) in [5, 5.41) is 0. The molecule has 1 saturated heterocycles. The van der Waals surface area contributed by atoms with Crippen LogP contribution in [0.5, 0.6) is 5.75 Å². The minimum atomic E-state index is 0.111. The number of rotatable bonds is 2. The highest BCUT2D eigenvalue weighted by Crippen LogP contribution is 2.17. The lowest BCUT2D eigenvalue weighted by atomic mass is 10.1. The maximum Gasteiger partial charge on any atom is 0.219 e. The minimum Gasteiger partial charge on any atom is -0.488 e. The zero-order chi connectivity index (χ0) is 11.4. The largest absolute Gasteiger partial charge is 0.488 e. The van der Waals surface area contributed by atoms with Crippen LogP contribution in [0.25, 0.3) is 0 Å². The van der Waals surface area contributed by atoms with Crippen molar-refractivity contribution in [3.8, 4) is 5.75 Å². The number of aromatic nitrogens is 1. The topological polar surface area (TPSA) is 42.4 Å². The Balaban J connectivity index is 1.93. The molecule has 1 aliphatic rings. The number of likely N-dealkylation sites (tertiary alicyclic amines) is 1. The van der Waals surface area contributed by atoms with Crippen LogP contribution in [0.3, 0.4) is 0 Å². The number of ether oxygens (including phenoxy) is 1.